The molecule has 0 spiro atoms. The summed E-state index contributed by atoms with van der Waals surface area (Å²) in [6, 6.07) is 15.1. The molecule has 2 aromatic carbocycles. The largest absolute Gasteiger partial charge is 0.465 e. The monoisotopic (exact) mass is 395 g/mol. The molecule has 0 aliphatic rings. The second-order valence-electron chi connectivity index (χ2n) is 6.18. The summed E-state index contributed by atoms with van der Waals surface area (Å²) in [6.45, 7) is 1.88. The number of hydrogen-bond donors (Lipinski definition) is 1. The first kappa shape index (κ1) is 19.7. The van der Waals surface area contributed by atoms with Crippen LogP contribution in [0.5, 0.6) is 0 Å². The molecule has 0 bridgehead atoms. The van der Waals surface area contributed by atoms with Gasteiger partial charge in [0.05, 0.1) is 24.1 Å². The van der Waals surface area contributed by atoms with Gasteiger partial charge in [0.15, 0.2) is 0 Å². The van der Waals surface area contributed by atoms with Gasteiger partial charge >= 0.3 is 5.97 Å². The molecular formula is C21H21N3O3S. The summed E-state index contributed by atoms with van der Waals surface area (Å²) < 4.78 is 6.52. The lowest BCUT2D eigenvalue weighted by molar-refractivity contribution is -0.113. The Morgan fingerprint density at radius 3 is 2.64 bits per heavy atom. The smallest absolute Gasteiger partial charge is 0.337 e. The molecule has 6 nitrogen and oxygen atoms in total. The number of benzene rings is 2. The molecule has 0 unspecified atom stereocenters. The third-order valence-electron chi connectivity index (χ3n) is 4.14. The van der Waals surface area contributed by atoms with E-state index in [1.165, 1.54) is 18.9 Å². The highest BCUT2D eigenvalue weighted by Crippen LogP contribution is 2.19. The lowest BCUT2D eigenvalue weighted by Crippen LogP contribution is -2.15. The van der Waals surface area contributed by atoms with E-state index >= 15 is 0 Å². The molecule has 0 aliphatic heterocycles. The number of thioether (sulfide) groups is 1. The Bertz CT molecular complexity index is 954. The molecule has 28 heavy (non-hydrogen) atoms. The molecule has 144 valence electrons. The SMILES string of the molecule is COC(=O)c1ccc(C)c(NC(=O)CSCc2ccc(-n3cccn3)cc2)c1. The Hall–Kier alpha value is -3.06. The van der Waals surface area contributed by atoms with Crippen LogP contribution < -0.4 is 5.32 Å². The number of hydrogen-bond acceptors (Lipinski definition) is 5. The molecule has 0 fully saturated rings. The van der Waals surface area contributed by atoms with Crippen molar-refractivity contribution in [1.29, 1.82) is 0 Å². The molecule has 1 amide bonds. The van der Waals surface area contributed by atoms with Crippen LogP contribution in [0.25, 0.3) is 5.69 Å². The van der Waals surface area contributed by atoms with Crippen molar-refractivity contribution in [2.75, 3.05) is 18.2 Å². The predicted octanol–water partition coefficient (Wildman–Crippen LogP) is 3.84. The van der Waals surface area contributed by atoms with Gasteiger partial charge in [-0.1, -0.05) is 18.2 Å². The number of methoxy groups -OCH3 is 1. The molecule has 0 radical (unpaired) electrons. The van der Waals surface area contributed by atoms with Gasteiger partial charge in [-0.15, -0.1) is 11.8 Å². The zero-order chi connectivity index (χ0) is 19.9. The number of aryl methyl sites for hydroxylation is 1. The van der Waals surface area contributed by atoms with E-state index in [4.69, 9.17) is 4.74 Å². The van der Waals surface area contributed by atoms with Crippen LogP contribution >= 0.6 is 11.8 Å². The van der Waals surface area contributed by atoms with Gasteiger partial charge in [0, 0.05) is 23.8 Å². The van der Waals surface area contributed by atoms with Crippen LogP contribution in [0.2, 0.25) is 0 Å². The summed E-state index contributed by atoms with van der Waals surface area (Å²) in [5.41, 5.74) is 4.06. The van der Waals surface area contributed by atoms with Crippen molar-refractivity contribution in [2.45, 2.75) is 12.7 Å². The average molecular weight is 395 g/mol. The van der Waals surface area contributed by atoms with Gasteiger partial charge in [0.1, 0.15) is 0 Å². The minimum absolute atomic E-state index is 0.108. The number of rotatable bonds is 7. The second kappa shape index (κ2) is 9.23. The zero-order valence-electron chi connectivity index (χ0n) is 15.7. The van der Waals surface area contributed by atoms with Gasteiger partial charge in [-0.3, -0.25) is 4.79 Å². The highest BCUT2D eigenvalue weighted by atomic mass is 32.2. The van der Waals surface area contributed by atoms with E-state index in [-0.39, 0.29) is 5.91 Å². The summed E-state index contributed by atoms with van der Waals surface area (Å²) in [5.74, 6) is 0.517. The van der Waals surface area contributed by atoms with Crippen molar-refractivity contribution in [2.24, 2.45) is 0 Å². The minimum atomic E-state index is -0.427. The summed E-state index contributed by atoms with van der Waals surface area (Å²) in [4.78, 5) is 23.9. The quantitative estimate of drug-likeness (QED) is 0.616. The van der Waals surface area contributed by atoms with Crippen LogP contribution in [0.1, 0.15) is 21.5 Å². The van der Waals surface area contributed by atoms with E-state index in [2.05, 4.69) is 10.4 Å². The van der Waals surface area contributed by atoms with Crippen LogP contribution in [0, 0.1) is 6.92 Å². The third kappa shape index (κ3) is 5.01. The number of anilines is 1. The van der Waals surface area contributed by atoms with Gasteiger partial charge < -0.3 is 10.1 Å². The van der Waals surface area contributed by atoms with E-state index in [9.17, 15) is 9.59 Å². The number of carbonyl (C=O) groups excluding carboxylic acids is 2. The van der Waals surface area contributed by atoms with Crippen LogP contribution in [-0.2, 0) is 15.3 Å². The van der Waals surface area contributed by atoms with Gasteiger partial charge in [-0.05, 0) is 48.4 Å². The van der Waals surface area contributed by atoms with Crippen molar-refractivity contribution in [1.82, 2.24) is 9.78 Å². The number of esters is 1. The summed E-state index contributed by atoms with van der Waals surface area (Å²) >= 11 is 1.53. The average Bonchev–Trinajstić information content (AvgIpc) is 3.24. The standard InChI is InChI=1S/C21H21N3O3S/c1-15-4-7-17(21(26)27-2)12-19(15)23-20(25)14-28-13-16-5-8-18(9-6-16)24-11-3-10-22-24/h3-12H,13-14H2,1-2H3,(H,23,25). The first-order valence-electron chi connectivity index (χ1n) is 8.72. The van der Waals surface area contributed by atoms with Gasteiger partial charge in [-0.25, -0.2) is 9.48 Å². The van der Waals surface area contributed by atoms with Crippen LogP contribution in [0.15, 0.2) is 60.9 Å². The topological polar surface area (TPSA) is 73.2 Å². The number of aromatic nitrogens is 2. The Kier molecular flexibility index (Phi) is 6.49. The Morgan fingerprint density at radius 1 is 1.18 bits per heavy atom. The number of amides is 1. The van der Waals surface area contributed by atoms with Crippen molar-refractivity contribution in [3.63, 3.8) is 0 Å². The number of nitrogens with zero attached hydrogens (tertiary/aromatic N) is 2. The number of ether oxygens (including phenoxy) is 1. The molecular weight excluding hydrogens is 374 g/mol. The lowest BCUT2D eigenvalue weighted by Gasteiger charge is -2.10. The Balaban J connectivity index is 1.51. The van der Waals surface area contributed by atoms with E-state index in [1.54, 1.807) is 29.1 Å². The Labute approximate surface area is 167 Å². The maximum atomic E-state index is 12.3. The van der Waals surface area contributed by atoms with E-state index in [0.717, 1.165) is 22.6 Å². The molecule has 0 atom stereocenters. The fourth-order valence-electron chi connectivity index (χ4n) is 2.62. The van der Waals surface area contributed by atoms with Crippen molar-refractivity contribution in [3.05, 3.63) is 77.6 Å². The number of nitrogens with one attached hydrogen (secondary N) is 1. The maximum Gasteiger partial charge on any atom is 0.337 e. The lowest BCUT2D eigenvalue weighted by atomic mass is 10.1. The first-order chi connectivity index (χ1) is 13.6. The zero-order valence-corrected chi connectivity index (χ0v) is 16.5. The molecule has 7 heteroatoms. The molecule has 0 saturated carbocycles. The summed E-state index contributed by atoms with van der Waals surface area (Å²) in [5, 5.41) is 7.06. The fourth-order valence-corrected chi connectivity index (χ4v) is 3.40. The minimum Gasteiger partial charge on any atom is -0.465 e. The second-order valence-corrected chi connectivity index (χ2v) is 7.16. The van der Waals surface area contributed by atoms with Crippen LogP contribution in [0.4, 0.5) is 5.69 Å². The molecule has 3 aromatic rings. The molecule has 0 aliphatic carbocycles. The molecule has 1 heterocycles. The molecule has 3 rings (SSSR count). The van der Waals surface area contributed by atoms with E-state index < -0.39 is 5.97 Å². The van der Waals surface area contributed by atoms with Gasteiger partial charge in [-0.2, -0.15) is 5.10 Å². The first-order valence-corrected chi connectivity index (χ1v) is 9.88. The van der Waals surface area contributed by atoms with Crippen molar-refractivity contribution < 1.29 is 14.3 Å². The summed E-state index contributed by atoms with van der Waals surface area (Å²) in [7, 11) is 1.33. The van der Waals surface area contributed by atoms with Crippen LogP contribution in [0.3, 0.4) is 0 Å². The highest BCUT2D eigenvalue weighted by molar-refractivity contribution is 7.99. The molecule has 0 saturated heterocycles. The fraction of sp³-hybridized carbons (Fsp3) is 0.190. The predicted molar refractivity (Wildman–Crippen MR) is 111 cm³/mol. The van der Waals surface area contributed by atoms with Crippen molar-refractivity contribution in [3.8, 4) is 5.69 Å². The third-order valence-corrected chi connectivity index (χ3v) is 5.14. The summed E-state index contributed by atoms with van der Waals surface area (Å²) in [6.07, 6.45) is 3.64. The number of carbonyl (C=O) groups is 2. The highest BCUT2D eigenvalue weighted by Gasteiger charge is 2.10. The van der Waals surface area contributed by atoms with Gasteiger partial charge in [0.2, 0.25) is 5.91 Å². The van der Waals surface area contributed by atoms with Gasteiger partial charge in [0.25, 0.3) is 0 Å². The normalized spacial score (nSPS) is 10.5. The molecule has 1 aromatic heterocycles. The maximum absolute atomic E-state index is 12.3. The Morgan fingerprint density at radius 2 is 1.96 bits per heavy atom. The van der Waals surface area contributed by atoms with E-state index in [0.29, 0.717) is 17.0 Å². The van der Waals surface area contributed by atoms with E-state index in [1.807, 2.05) is 43.5 Å². The van der Waals surface area contributed by atoms with Crippen molar-refractivity contribution >= 4 is 29.3 Å². The molecule has 1 N–H and O–H groups in total. The van der Waals surface area contributed by atoms with Crippen LogP contribution in [-0.4, -0.2) is 34.5 Å².